The summed E-state index contributed by atoms with van der Waals surface area (Å²) in [5.41, 5.74) is 4.39. The van der Waals surface area contributed by atoms with Crippen LogP contribution >= 0.6 is 22.6 Å². The van der Waals surface area contributed by atoms with Crippen molar-refractivity contribution < 1.29 is 13.5 Å². The highest BCUT2D eigenvalue weighted by molar-refractivity contribution is 14.1. The van der Waals surface area contributed by atoms with Gasteiger partial charge in [-0.05, 0) is 53.1 Å². The van der Waals surface area contributed by atoms with Crippen molar-refractivity contribution in [3.8, 4) is 5.75 Å². The van der Waals surface area contributed by atoms with Gasteiger partial charge in [-0.25, -0.2) is 8.78 Å². The number of hydrogen-bond donors (Lipinski definition) is 0. The molecule has 1 aromatic heterocycles. The minimum absolute atomic E-state index is 0.0715. The average molecular weight is 495 g/mol. The standard InChI is InChI=1S/C23H24F2INO/c1-14(2)22-21(26)20-15(3)19(28-13-16-7-5-4-6-8-16)10-9-18(20)27(22)17-11-23(24,25)12-17/h4-10,14,17H,11-13H2,1-3H3. The maximum atomic E-state index is 13.6. The number of aryl methyl sites for hydroxylation is 1. The van der Waals surface area contributed by atoms with Gasteiger partial charge in [-0.15, -0.1) is 0 Å². The van der Waals surface area contributed by atoms with E-state index >= 15 is 0 Å². The first-order chi connectivity index (χ1) is 13.3. The molecule has 0 atom stereocenters. The van der Waals surface area contributed by atoms with Gasteiger partial charge in [-0.1, -0.05) is 44.2 Å². The third-order valence-electron chi connectivity index (χ3n) is 5.57. The van der Waals surface area contributed by atoms with Crippen LogP contribution < -0.4 is 4.74 Å². The molecule has 4 rings (SSSR count). The fourth-order valence-electron chi connectivity index (χ4n) is 4.15. The molecule has 2 nitrogen and oxygen atoms in total. The summed E-state index contributed by atoms with van der Waals surface area (Å²) in [7, 11) is 0. The van der Waals surface area contributed by atoms with Crippen LogP contribution in [0.5, 0.6) is 5.75 Å². The lowest BCUT2D eigenvalue weighted by molar-refractivity contribution is -0.103. The topological polar surface area (TPSA) is 14.2 Å². The van der Waals surface area contributed by atoms with Gasteiger partial charge in [-0.2, -0.15) is 0 Å². The Morgan fingerprint density at radius 2 is 1.82 bits per heavy atom. The maximum absolute atomic E-state index is 13.6. The van der Waals surface area contributed by atoms with Gasteiger partial charge in [0.05, 0.1) is 5.52 Å². The Kier molecular flexibility index (Phi) is 5.14. The zero-order valence-electron chi connectivity index (χ0n) is 16.3. The minimum Gasteiger partial charge on any atom is -0.489 e. The van der Waals surface area contributed by atoms with Crippen molar-refractivity contribution in [2.75, 3.05) is 0 Å². The van der Waals surface area contributed by atoms with E-state index in [4.69, 9.17) is 4.74 Å². The van der Waals surface area contributed by atoms with Gasteiger partial charge in [0, 0.05) is 39.1 Å². The minimum atomic E-state index is -2.53. The molecule has 148 valence electrons. The summed E-state index contributed by atoms with van der Waals surface area (Å²) in [5.74, 6) is -1.42. The summed E-state index contributed by atoms with van der Waals surface area (Å²) >= 11 is 2.38. The third-order valence-corrected chi connectivity index (χ3v) is 6.67. The largest absolute Gasteiger partial charge is 0.489 e. The Bertz CT molecular complexity index is 1000. The molecule has 1 fully saturated rings. The van der Waals surface area contributed by atoms with Crippen LogP contribution in [0.15, 0.2) is 42.5 Å². The Balaban J connectivity index is 1.75. The smallest absolute Gasteiger partial charge is 0.252 e. The summed E-state index contributed by atoms with van der Waals surface area (Å²) < 4.78 is 36.6. The van der Waals surface area contributed by atoms with E-state index in [1.807, 2.05) is 42.5 Å². The second kappa shape index (κ2) is 7.32. The molecule has 0 saturated heterocycles. The van der Waals surface area contributed by atoms with Crippen molar-refractivity contribution in [2.45, 2.75) is 58.1 Å². The van der Waals surface area contributed by atoms with Crippen LogP contribution in [0.25, 0.3) is 10.9 Å². The van der Waals surface area contributed by atoms with E-state index in [0.29, 0.717) is 6.61 Å². The van der Waals surface area contributed by atoms with Gasteiger partial charge < -0.3 is 9.30 Å². The quantitative estimate of drug-likeness (QED) is 0.341. The van der Waals surface area contributed by atoms with Crippen LogP contribution in [0.2, 0.25) is 0 Å². The number of rotatable bonds is 5. The molecule has 0 aliphatic heterocycles. The highest BCUT2D eigenvalue weighted by Crippen LogP contribution is 2.50. The normalized spacial score (nSPS) is 16.5. The number of benzene rings is 2. The second-order valence-electron chi connectivity index (χ2n) is 8.00. The van der Waals surface area contributed by atoms with Crippen LogP contribution in [0.1, 0.15) is 55.5 Å². The highest BCUT2D eigenvalue weighted by atomic mass is 127. The van der Waals surface area contributed by atoms with E-state index in [-0.39, 0.29) is 24.8 Å². The molecule has 1 saturated carbocycles. The highest BCUT2D eigenvalue weighted by Gasteiger charge is 2.47. The van der Waals surface area contributed by atoms with Crippen molar-refractivity contribution in [3.05, 3.63) is 62.9 Å². The summed E-state index contributed by atoms with van der Waals surface area (Å²) in [6.07, 6.45) is -0.143. The molecule has 1 aliphatic carbocycles. The Morgan fingerprint density at radius 3 is 2.43 bits per heavy atom. The third kappa shape index (κ3) is 3.42. The molecule has 0 amide bonds. The zero-order chi connectivity index (χ0) is 20.1. The number of aromatic nitrogens is 1. The van der Waals surface area contributed by atoms with Crippen molar-refractivity contribution in [1.29, 1.82) is 0 Å². The molecule has 5 heteroatoms. The monoisotopic (exact) mass is 495 g/mol. The van der Waals surface area contributed by atoms with Crippen molar-refractivity contribution >= 4 is 33.5 Å². The van der Waals surface area contributed by atoms with Crippen LogP contribution in [0, 0.1) is 10.5 Å². The molecule has 2 aromatic carbocycles. The first-order valence-electron chi connectivity index (χ1n) is 9.66. The number of ether oxygens (including phenoxy) is 1. The number of fused-ring (bicyclic) bond motifs is 1. The molecular weight excluding hydrogens is 471 g/mol. The van der Waals surface area contributed by atoms with Gasteiger partial charge >= 0.3 is 0 Å². The van der Waals surface area contributed by atoms with Crippen LogP contribution in [-0.4, -0.2) is 10.5 Å². The Hall–Kier alpha value is -1.63. The van der Waals surface area contributed by atoms with Gasteiger partial charge in [-0.3, -0.25) is 0 Å². The van der Waals surface area contributed by atoms with Gasteiger partial charge in [0.2, 0.25) is 0 Å². The Morgan fingerprint density at radius 1 is 1.14 bits per heavy atom. The molecule has 3 aromatic rings. The van der Waals surface area contributed by atoms with Gasteiger partial charge in [0.1, 0.15) is 12.4 Å². The number of alkyl halides is 2. The first kappa shape index (κ1) is 19.7. The van der Waals surface area contributed by atoms with Gasteiger partial charge in [0.25, 0.3) is 5.92 Å². The summed E-state index contributed by atoms with van der Waals surface area (Å²) in [4.78, 5) is 0. The van der Waals surface area contributed by atoms with E-state index in [1.54, 1.807) is 0 Å². The number of nitrogens with zero attached hydrogens (tertiary/aromatic N) is 1. The van der Waals surface area contributed by atoms with Crippen LogP contribution in [0.3, 0.4) is 0 Å². The lowest BCUT2D eigenvalue weighted by Crippen LogP contribution is -2.37. The fourth-order valence-corrected chi connectivity index (χ4v) is 5.71. The van der Waals surface area contributed by atoms with Gasteiger partial charge in [0.15, 0.2) is 0 Å². The summed E-state index contributed by atoms with van der Waals surface area (Å²) in [5, 5.41) is 1.13. The van der Waals surface area contributed by atoms with Crippen LogP contribution in [-0.2, 0) is 6.61 Å². The molecule has 0 bridgehead atoms. The predicted molar refractivity (Wildman–Crippen MR) is 117 cm³/mol. The van der Waals surface area contributed by atoms with E-state index in [1.165, 1.54) is 0 Å². The molecule has 28 heavy (non-hydrogen) atoms. The number of halogens is 3. The maximum Gasteiger partial charge on any atom is 0.252 e. The summed E-state index contributed by atoms with van der Waals surface area (Å²) in [6.45, 7) is 6.84. The lowest BCUT2D eigenvalue weighted by atomic mass is 9.87. The van der Waals surface area contributed by atoms with Crippen molar-refractivity contribution in [3.63, 3.8) is 0 Å². The van der Waals surface area contributed by atoms with E-state index in [9.17, 15) is 8.78 Å². The molecular formula is C23H24F2INO. The van der Waals surface area contributed by atoms with E-state index in [0.717, 1.165) is 37.0 Å². The van der Waals surface area contributed by atoms with Crippen molar-refractivity contribution in [1.82, 2.24) is 4.57 Å². The average Bonchev–Trinajstić information content (AvgIpc) is 2.93. The molecule has 1 heterocycles. The molecule has 1 aliphatic rings. The lowest BCUT2D eigenvalue weighted by Gasteiger charge is -2.38. The zero-order valence-corrected chi connectivity index (χ0v) is 18.5. The molecule has 0 N–H and O–H groups in total. The SMILES string of the molecule is Cc1c(OCc2ccccc2)ccc2c1c(I)c(C(C)C)n2C1CC(F)(F)C1. The van der Waals surface area contributed by atoms with E-state index < -0.39 is 5.92 Å². The molecule has 0 unspecified atom stereocenters. The van der Waals surface area contributed by atoms with Crippen molar-refractivity contribution in [2.24, 2.45) is 0 Å². The molecule has 0 radical (unpaired) electrons. The molecule has 0 spiro atoms. The van der Waals surface area contributed by atoms with E-state index in [2.05, 4.69) is 47.9 Å². The second-order valence-corrected chi connectivity index (χ2v) is 9.08. The summed E-state index contributed by atoms with van der Waals surface area (Å²) in [6, 6.07) is 14.0. The predicted octanol–water partition coefficient (Wildman–Crippen LogP) is 7.23. The first-order valence-corrected chi connectivity index (χ1v) is 10.7. The fraction of sp³-hybridized carbons (Fsp3) is 0.391. The Labute approximate surface area is 178 Å². The van der Waals surface area contributed by atoms with Crippen LogP contribution in [0.4, 0.5) is 8.78 Å². The number of hydrogen-bond acceptors (Lipinski definition) is 1.